The summed E-state index contributed by atoms with van der Waals surface area (Å²) in [5, 5.41) is 4.07. The molecule has 0 radical (unpaired) electrons. The van der Waals surface area contributed by atoms with E-state index in [1.807, 2.05) is 48.2 Å². The highest BCUT2D eigenvalue weighted by Crippen LogP contribution is 2.33. The number of hydrogen-bond donors (Lipinski definition) is 1. The van der Waals surface area contributed by atoms with Gasteiger partial charge in [-0.3, -0.25) is 4.79 Å². The molecular formula is C25H27N3O3S. The second kappa shape index (κ2) is 8.20. The number of fused-ring (bicyclic) bond motifs is 2. The van der Waals surface area contributed by atoms with Crippen molar-refractivity contribution in [1.82, 2.24) is 4.98 Å². The van der Waals surface area contributed by atoms with Crippen LogP contribution in [0.25, 0.3) is 10.9 Å². The molecule has 2 heterocycles. The topological polar surface area (TPSA) is 79.4 Å². The Morgan fingerprint density at radius 2 is 1.88 bits per heavy atom. The van der Waals surface area contributed by atoms with Crippen molar-refractivity contribution in [2.45, 2.75) is 44.0 Å². The van der Waals surface area contributed by atoms with Crippen molar-refractivity contribution in [2.24, 2.45) is 5.92 Å². The molecule has 6 nitrogen and oxygen atoms in total. The van der Waals surface area contributed by atoms with Gasteiger partial charge in [-0.2, -0.15) is 0 Å². The molecule has 1 N–H and O–H groups in total. The van der Waals surface area contributed by atoms with Gasteiger partial charge in [0.15, 0.2) is 9.84 Å². The molecule has 1 fully saturated rings. The first-order valence-corrected chi connectivity index (χ1v) is 12.8. The minimum absolute atomic E-state index is 0.0292. The van der Waals surface area contributed by atoms with Gasteiger partial charge in [-0.25, -0.2) is 13.4 Å². The van der Waals surface area contributed by atoms with Crippen molar-refractivity contribution in [3.8, 4) is 0 Å². The lowest BCUT2D eigenvalue weighted by molar-refractivity contribution is -0.119. The third-order valence-corrected chi connectivity index (χ3v) is 8.35. The zero-order valence-corrected chi connectivity index (χ0v) is 19.0. The van der Waals surface area contributed by atoms with Gasteiger partial charge in [-0.1, -0.05) is 42.7 Å². The second-order valence-electron chi connectivity index (χ2n) is 8.87. The molecule has 166 valence electrons. The predicted molar refractivity (Wildman–Crippen MR) is 127 cm³/mol. The number of sulfone groups is 1. The first-order chi connectivity index (χ1) is 15.4. The Balaban J connectivity index is 1.56. The summed E-state index contributed by atoms with van der Waals surface area (Å²) in [6, 6.07) is 15.1. The normalized spacial score (nSPS) is 18.3. The number of aromatic nitrogens is 1. The van der Waals surface area contributed by atoms with Crippen molar-refractivity contribution in [3.05, 3.63) is 59.7 Å². The van der Waals surface area contributed by atoms with E-state index in [9.17, 15) is 13.2 Å². The molecule has 0 spiro atoms. The Hall–Kier alpha value is -2.93. The van der Waals surface area contributed by atoms with Gasteiger partial charge in [-0.05, 0) is 43.5 Å². The summed E-state index contributed by atoms with van der Waals surface area (Å²) in [5.74, 6) is 0.824. The Bertz CT molecular complexity index is 1300. The minimum Gasteiger partial charge on any atom is -0.351 e. The van der Waals surface area contributed by atoms with Crippen LogP contribution in [-0.4, -0.2) is 31.6 Å². The monoisotopic (exact) mass is 449 g/mol. The van der Waals surface area contributed by atoms with Crippen LogP contribution < -0.4 is 10.2 Å². The molecule has 1 aromatic heterocycles. The molecule has 32 heavy (non-hydrogen) atoms. The summed E-state index contributed by atoms with van der Waals surface area (Å²) >= 11 is 0. The number of benzene rings is 2. The highest BCUT2D eigenvalue weighted by Gasteiger charge is 2.27. The number of nitrogens with one attached hydrogen (secondary N) is 1. The third kappa shape index (κ3) is 3.97. The number of amides is 1. The van der Waals surface area contributed by atoms with Crippen LogP contribution in [0.3, 0.4) is 0 Å². The third-order valence-electron chi connectivity index (χ3n) is 6.56. The molecular weight excluding hydrogens is 422 g/mol. The molecule has 1 amide bonds. The molecule has 0 saturated heterocycles. The van der Waals surface area contributed by atoms with Crippen LogP contribution in [0.15, 0.2) is 53.4 Å². The number of carbonyl (C=O) groups excluding carboxylic acids is 1. The van der Waals surface area contributed by atoms with E-state index in [0.717, 1.165) is 53.4 Å². The molecule has 0 unspecified atom stereocenters. The van der Waals surface area contributed by atoms with E-state index < -0.39 is 9.84 Å². The SMILES string of the molecule is Cc1ccc2nc(N3CCS(=O)(=O)c4ccccc4C3)cc(NC(=O)C3CCCC3)c2c1. The zero-order chi connectivity index (χ0) is 22.3. The Kier molecular flexibility index (Phi) is 5.37. The van der Waals surface area contributed by atoms with E-state index in [4.69, 9.17) is 4.98 Å². The average molecular weight is 450 g/mol. The maximum atomic E-state index is 12.9. The zero-order valence-electron chi connectivity index (χ0n) is 18.2. The van der Waals surface area contributed by atoms with Gasteiger partial charge in [0, 0.05) is 30.5 Å². The fourth-order valence-corrected chi connectivity index (χ4v) is 6.27. The van der Waals surface area contributed by atoms with E-state index in [1.165, 1.54) is 0 Å². The second-order valence-corrected chi connectivity index (χ2v) is 10.9. The molecule has 1 saturated carbocycles. The molecule has 1 aliphatic heterocycles. The summed E-state index contributed by atoms with van der Waals surface area (Å²) in [4.78, 5) is 20.1. The molecule has 2 aromatic carbocycles. The first kappa shape index (κ1) is 20.9. The number of aryl methyl sites for hydroxylation is 1. The Labute approximate surface area is 188 Å². The molecule has 5 rings (SSSR count). The van der Waals surface area contributed by atoms with Gasteiger partial charge in [0.2, 0.25) is 5.91 Å². The highest BCUT2D eigenvalue weighted by molar-refractivity contribution is 7.91. The molecule has 2 aliphatic rings. The van der Waals surface area contributed by atoms with E-state index in [2.05, 4.69) is 5.32 Å². The lowest BCUT2D eigenvalue weighted by Gasteiger charge is -2.23. The smallest absolute Gasteiger partial charge is 0.227 e. The number of anilines is 2. The van der Waals surface area contributed by atoms with E-state index >= 15 is 0 Å². The highest BCUT2D eigenvalue weighted by atomic mass is 32.2. The van der Waals surface area contributed by atoms with E-state index in [0.29, 0.717) is 23.8 Å². The molecule has 0 bridgehead atoms. The molecule has 0 atom stereocenters. The maximum Gasteiger partial charge on any atom is 0.227 e. The predicted octanol–water partition coefficient (Wildman–Crippen LogP) is 4.47. The number of hydrogen-bond acceptors (Lipinski definition) is 5. The summed E-state index contributed by atoms with van der Waals surface area (Å²) in [6.45, 7) is 2.82. The summed E-state index contributed by atoms with van der Waals surface area (Å²) in [7, 11) is -3.35. The first-order valence-electron chi connectivity index (χ1n) is 11.2. The van der Waals surface area contributed by atoms with Crippen LogP contribution in [0, 0.1) is 12.8 Å². The Morgan fingerprint density at radius 3 is 2.69 bits per heavy atom. The molecule has 3 aromatic rings. The van der Waals surface area contributed by atoms with Gasteiger partial charge >= 0.3 is 0 Å². The number of nitrogens with zero attached hydrogens (tertiary/aromatic N) is 2. The largest absolute Gasteiger partial charge is 0.351 e. The van der Waals surface area contributed by atoms with Crippen molar-refractivity contribution in [1.29, 1.82) is 0 Å². The summed E-state index contributed by atoms with van der Waals surface area (Å²) < 4.78 is 25.6. The summed E-state index contributed by atoms with van der Waals surface area (Å²) in [5.41, 5.74) is 3.40. The van der Waals surface area contributed by atoms with Crippen LogP contribution in [0.5, 0.6) is 0 Å². The van der Waals surface area contributed by atoms with Crippen molar-refractivity contribution in [3.63, 3.8) is 0 Å². The lowest BCUT2D eigenvalue weighted by Crippen LogP contribution is -2.27. The quantitative estimate of drug-likeness (QED) is 0.638. The Morgan fingerprint density at radius 1 is 1.09 bits per heavy atom. The molecule has 7 heteroatoms. The van der Waals surface area contributed by atoms with Gasteiger partial charge in [0.25, 0.3) is 0 Å². The van der Waals surface area contributed by atoms with E-state index in [1.54, 1.807) is 12.1 Å². The van der Waals surface area contributed by atoms with Crippen LogP contribution >= 0.6 is 0 Å². The summed E-state index contributed by atoms with van der Waals surface area (Å²) in [6.07, 6.45) is 4.06. The number of pyridine rings is 1. The fraction of sp³-hybridized carbons (Fsp3) is 0.360. The average Bonchev–Trinajstić information content (AvgIpc) is 3.28. The van der Waals surface area contributed by atoms with Gasteiger partial charge < -0.3 is 10.2 Å². The van der Waals surface area contributed by atoms with Crippen LogP contribution in [0.4, 0.5) is 11.5 Å². The van der Waals surface area contributed by atoms with Crippen LogP contribution in [0.1, 0.15) is 36.8 Å². The van der Waals surface area contributed by atoms with Crippen LogP contribution in [0.2, 0.25) is 0 Å². The van der Waals surface area contributed by atoms with Crippen molar-refractivity contribution < 1.29 is 13.2 Å². The van der Waals surface area contributed by atoms with Crippen molar-refractivity contribution in [2.75, 3.05) is 22.5 Å². The van der Waals surface area contributed by atoms with Gasteiger partial charge in [0.1, 0.15) is 5.82 Å². The lowest BCUT2D eigenvalue weighted by atomic mass is 10.1. The minimum atomic E-state index is -3.35. The van der Waals surface area contributed by atoms with E-state index in [-0.39, 0.29) is 17.6 Å². The molecule has 1 aliphatic carbocycles. The maximum absolute atomic E-state index is 12.9. The van der Waals surface area contributed by atoms with Crippen LogP contribution in [-0.2, 0) is 21.2 Å². The standard InChI is InChI=1S/C25H27N3O3S/c1-17-10-11-21-20(14-17)22(27-25(29)18-6-2-3-7-18)15-24(26-21)28-12-13-32(30,31)23-9-5-4-8-19(23)16-28/h4-5,8-11,14-15,18H,2-3,6-7,12-13,16H2,1H3,(H,26,27,29). The van der Waals surface area contributed by atoms with Crippen molar-refractivity contribution >= 4 is 38.2 Å². The van der Waals surface area contributed by atoms with Gasteiger partial charge in [0.05, 0.1) is 21.9 Å². The number of carbonyl (C=O) groups is 1. The fourth-order valence-electron chi connectivity index (χ4n) is 4.77. The van der Waals surface area contributed by atoms with Gasteiger partial charge in [-0.15, -0.1) is 0 Å². The number of rotatable bonds is 3.